The Balaban J connectivity index is 2.58. The number of rotatable bonds is 4. The molecule has 0 radical (unpaired) electrons. The SMILES string of the molecule is CCn1c(O)c(N=Nc2ccc(Cl)cc2)c(=O)n(CC)c1=O. The number of aromatic nitrogens is 2. The topological polar surface area (TPSA) is 88.9 Å². The van der Waals surface area contributed by atoms with Crippen molar-refractivity contribution in [2.45, 2.75) is 26.9 Å². The van der Waals surface area contributed by atoms with Gasteiger partial charge in [-0.25, -0.2) is 4.79 Å². The van der Waals surface area contributed by atoms with Gasteiger partial charge in [0, 0.05) is 18.1 Å². The second-order valence-electron chi connectivity index (χ2n) is 4.42. The molecular weight excluding hydrogens is 308 g/mol. The fourth-order valence-corrected chi connectivity index (χ4v) is 2.07. The summed E-state index contributed by atoms with van der Waals surface area (Å²) < 4.78 is 2.07. The Labute approximate surface area is 131 Å². The minimum Gasteiger partial charge on any atom is -0.493 e. The van der Waals surface area contributed by atoms with Crippen molar-refractivity contribution in [2.24, 2.45) is 10.2 Å². The smallest absolute Gasteiger partial charge is 0.333 e. The summed E-state index contributed by atoms with van der Waals surface area (Å²) in [5, 5.41) is 18.3. The zero-order valence-electron chi connectivity index (χ0n) is 12.2. The zero-order valence-corrected chi connectivity index (χ0v) is 12.9. The number of aromatic hydroxyl groups is 1. The first-order chi connectivity index (χ1) is 10.5. The maximum Gasteiger partial charge on any atom is 0.333 e. The molecule has 0 fully saturated rings. The molecule has 1 N–H and O–H groups in total. The lowest BCUT2D eigenvalue weighted by Gasteiger charge is -2.10. The van der Waals surface area contributed by atoms with Crippen LogP contribution >= 0.6 is 11.6 Å². The van der Waals surface area contributed by atoms with Gasteiger partial charge in [-0.1, -0.05) is 11.6 Å². The summed E-state index contributed by atoms with van der Waals surface area (Å²) in [5.74, 6) is -0.486. The van der Waals surface area contributed by atoms with Gasteiger partial charge in [0.2, 0.25) is 11.6 Å². The largest absolute Gasteiger partial charge is 0.493 e. The van der Waals surface area contributed by atoms with Crippen molar-refractivity contribution in [3.8, 4) is 5.88 Å². The van der Waals surface area contributed by atoms with Crippen LogP contribution in [0.15, 0.2) is 44.1 Å². The van der Waals surface area contributed by atoms with Gasteiger partial charge >= 0.3 is 5.69 Å². The maximum absolute atomic E-state index is 12.2. The lowest BCUT2D eigenvalue weighted by atomic mass is 10.3. The van der Waals surface area contributed by atoms with Crippen molar-refractivity contribution in [3.63, 3.8) is 0 Å². The van der Waals surface area contributed by atoms with Crippen LogP contribution in [-0.2, 0) is 13.1 Å². The molecule has 0 aliphatic rings. The number of azo groups is 1. The monoisotopic (exact) mass is 322 g/mol. The number of nitrogens with zero attached hydrogens (tertiary/aromatic N) is 4. The third-order valence-corrected chi connectivity index (χ3v) is 3.35. The number of benzene rings is 1. The molecule has 2 aromatic rings. The molecule has 1 aromatic carbocycles. The van der Waals surface area contributed by atoms with Crippen LogP contribution < -0.4 is 11.2 Å². The van der Waals surface area contributed by atoms with E-state index in [2.05, 4.69) is 10.2 Å². The Kier molecular flexibility index (Phi) is 4.77. The van der Waals surface area contributed by atoms with E-state index in [-0.39, 0.29) is 18.8 Å². The Morgan fingerprint density at radius 3 is 2.18 bits per heavy atom. The van der Waals surface area contributed by atoms with Crippen LogP contribution in [0.3, 0.4) is 0 Å². The second kappa shape index (κ2) is 6.57. The van der Waals surface area contributed by atoms with E-state index in [4.69, 9.17) is 11.6 Å². The van der Waals surface area contributed by atoms with Gasteiger partial charge < -0.3 is 5.11 Å². The summed E-state index contributed by atoms with van der Waals surface area (Å²) in [7, 11) is 0. The first-order valence-electron chi connectivity index (χ1n) is 6.73. The number of hydrogen-bond acceptors (Lipinski definition) is 5. The highest BCUT2D eigenvalue weighted by Crippen LogP contribution is 2.23. The van der Waals surface area contributed by atoms with E-state index in [9.17, 15) is 14.7 Å². The highest BCUT2D eigenvalue weighted by Gasteiger charge is 2.16. The molecule has 116 valence electrons. The quantitative estimate of drug-likeness (QED) is 0.878. The molecule has 0 aliphatic carbocycles. The minimum absolute atomic E-state index is 0.182. The van der Waals surface area contributed by atoms with Crippen molar-refractivity contribution in [2.75, 3.05) is 0 Å². The highest BCUT2D eigenvalue weighted by molar-refractivity contribution is 6.30. The summed E-state index contributed by atoms with van der Waals surface area (Å²) in [6, 6.07) is 6.51. The van der Waals surface area contributed by atoms with Crippen LogP contribution in [-0.4, -0.2) is 14.2 Å². The Hall–Kier alpha value is -2.41. The normalized spacial score (nSPS) is 11.2. The van der Waals surface area contributed by atoms with Gasteiger partial charge in [0.05, 0.1) is 5.69 Å². The molecular formula is C14H15ClN4O3. The molecule has 0 spiro atoms. The molecule has 0 bridgehead atoms. The maximum atomic E-state index is 12.2. The lowest BCUT2D eigenvalue weighted by Crippen LogP contribution is -2.38. The first kappa shape index (κ1) is 16.0. The fraction of sp³-hybridized carbons (Fsp3) is 0.286. The zero-order chi connectivity index (χ0) is 16.3. The molecule has 7 nitrogen and oxygen atoms in total. The van der Waals surface area contributed by atoms with Crippen molar-refractivity contribution in [1.29, 1.82) is 0 Å². The molecule has 0 saturated carbocycles. The summed E-state index contributed by atoms with van der Waals surface area (Å²) in [4.78, 5) is 24.2. The Morgan fingerprint density at radius 1 is 1.05 bits per heavy atom. The number of hydrogen-bond donors (Lipinski definition) is 1. The van der Waals surface area contributed by atoms with Crippen LogP contribution in [0.4, 0.5) is 11.4 Å². The van der Waals surface area contributed by atoms with Crippen LogP contribution in [0.25, 0.3) is 0 Å². The molecule has 22 heavy (non-hydrogen) atoms. The van der Waals surface area contributed by atoms with Crippen molar-refractivity contribution < 1.29 is 5.11 Å². The third kappa shape index (κ3) is 2.94. The second-order valence-corrected chi connectivity index (χ2v) is 4.86. The van der Waals surface area contributed by atoms with Gasteiger partial charge in [-0.3, -0.25) is 13.9 Å². The van der Waals surface area contributed by atoms with Crippen LogP contribution in [0.1, 0.15) is 13.8 Å². The van der Waals surface area contributed by atoms with Gasteiger partial charge in [-0.05, 0) is 38.1 Å². The van der Waals surface area contributed by atoms with E-state index in [1.807, 2.05) is 0 Å². The Bertz CT molecular complexity index is 822. The van der Waals surface area contributed by atoms with Crippen molar-refractivity contribution >= 4 is 23.0 Å². The summed E-state index contributed by atoms with van der Waals surface area (Å²) >= 11 is 5.77. The van der Waals surface area contributed by atoms with E-state index in [0.29, 0.717) is 10.7 Å². The van der Waals surface area contributed by atoms with Gasteiger partial charge in [0.25, 0.3) is 5.56 Å². The molecule has 0 aliphatic heterocycles. The molecule has 1 heterocycles. The standard InChI is InChI=1S/C14H15ClN4O3/c1-3-18-12(20)11(13(21)19(4-2)14(18)22)17-16-10-7-5-9(15)6-8-10/h5-8,20H,3-4H2,1-2H3. The highest BCUT2D eigenvalue weighted by atomic mass is 35.5. The van der Waals surface area contributed by atoms with Crippen molar-refractivity contribution in [1.82, 2.24) is 9.13 Å². The lowest BCUT2D eigenvalue weighted by molar-refractivity contribution is 0.397. The van der Waals surface area contributed by atoms with E-state index in [1.54, 1.807) is 38.1 Å². The van der Waals surface area contributed by atoms with E-state index < -0.39 is 17.1 Å². The average molecular weight is 323 g/mol. The molecule has 1 aromatic heterocycles. The third-order valence-electron chi connectivity index (χ3n) is 3.10. The molecule has 0 saturated heterocycles. The molecule has 0 unspecified atom stereocenters. The van der Waals surface area contributed by atoms with E-state index in [0.717, 1.165) is 9.13 Å². The van der Waals surface area contributed by atoms with Crippen LogP contribution in [0.2, 0.25) is 5.02 Å². The predicted molar refractivity (Wildman–Crippen MR) is 83.6 cm³/mol. The summed E-state index contributed by atoms with van der Waals surface area (Å²) in [5.41, 5.74) is -1.04. The van der Waals surface area contributed by atoms with Gasteiger partial charge in [-0.2, -0.15) is 5.11 Å². The van der Waals surface area contributed by atoms with E-state index in [1.165, 1.54) is 0 Å². The molecule has 2 rings (SSSR count). The molecule has 0 atom stereocenters. The molecule has 8 heteroatoms. The molecule has 0 amide bonds. The van der Waals surface area contributed by atoms with Gasteiger partial charge in [0.15, 0.2) is 0 Å². The fourth-order valence-electron chi connectivity index (χ4n) is 1.94. The predicted octanol–water partition coefficient (Wildman–Crippen LogP) is 2.82. The summed E-state index contributed by atoms with van der Waals surface area (Å²) in [6.07, 6.45) is 0. The van der Waals surface area contributed by atoms with Crippen molar-refractivity contribution in [3.05, 3.63) is 50.1 Å². The van der Waals surface area contributed by atoms with Crippen LogP contribution in [0, 0.1) is 0 Å². The minimum atomic E-state index is -0.674. The van der Waals surface area contributed by atoms with E-state index >= 15 is 0 Å². The van der Waals surface area contributed by atoms with Crippen LogP contribution in [0.5, 0.6) is 5.88 Å². The average Bonchev–Trinajstić information content (AvgIpc) is 2.50. The van der Waals surface area contributed by atoms with Gasteiger partial charge in [0.1, 0.15) is 0 Å². The summed E-state index contributed by atoms with van der Waals surface area (Å²) in [6.45, 7) is 3.75. The van der Waals surface area contributed by atoms with Gasteiger partial charge in [-0.15, -0.1) is 5.11 Å². The first-order valence-corrected chi connectivity index (χ1v) is 7.11. The number of halogens is 1. The Morgan fingerprint density at radius 2 is 1.64 bits per heavy atom.